The van der Waals surface area contributed by atoms with Crippen molar-refractivity contribution in [2.24, 2.45) is 5.10 Å². The molecule has 178 valence electrons. The molecule has 8 heteroatoms. The second-order valence-corrected chi connectivity index (χ2v) is 10.8. The molecular weight excluding hydrogens is 478 g/mol. The normalized spacial score (nSPS) is 11.8. The molecule has 0 aliphatic rings. The molecule has 1 heterocycles. The third-order valence-corrected chi connectivity index (χ3v) is 8.15. The number of anilines is 1. The third-order valence-electron chi connectivity index (χ3n) is 5.40. The number of benzene rings is 3. The van der Waals surface area contributed by atoms with Crippen LogP contribution in [0.15, 0.2) is 106 Å². The van der Waals surface area contributed by atoms with Crippen LogP contribution in [0.2, 0.25) is 0 Å². The van der Waals surface area contributed by atoms with Crippen LogP contribution < -0.4 is 9.73 Å². The van der Waals surface area contributed by atoms with Gasteiger partial charge in [0.05, 0.1) is 28.4 Å². The van der Waals surface area contributed by atoms with E-state index in [4.69, 9.17) is 0 Å². The molecule has 0 fully saturated rings. The van der Waals surface area contributed by atoms with Crippen LogP contribution >= 0.6 is 11.3 Å². The summed E-state index contributed by atoms with van der Waals surface area (Å²) in [4.78, 5) is 14.3. The van der Waals surface area contributed by atoms with Crippen LogP contribution in [0.3, 0.4) is 0 Å². The van der Waals surface area contributed by atoms with E-state index >= 15 is 0 Å². The number of nitrogens with zero attached hydrogens (tertiary/aromatic N) is 2. The molecule has 0 aliphatic heterocycles. The molecule has 1 N–H and O–H groups in total. The Labute approximate surface area is 209 Å². The highest BCUT2D eigenvalue weighted by Crippen LogP contribution is 2.29. The number of carbonyl (C=O) groups is 1. The zero-order valence-corrected chi connectivity index (χ0v) is 21.0. The summed E-state index contributed by atoms with van der Waals surface area (Å²) in [6, 6.07) is 26.5. The Hall–Kier alpha value is -3.75. The molecule has 0 saturated carbocycles. The predicted molar refractivity (Wildman–Crippen MR) is 141 cm³/mol. The minimum atomic E-state index is -3.97. The Morgan fingerprint density at radius 3 is 2.29 bits per heavy atom. The summed E-state index contributed by atoms with van der Waals surface area (Å²) in [5.74, 6) is -0.492. The molecule has 1 amide bonds. The van der Waals surface area contributed by atoms with Gasteiger partial charge < -0.3 is 0 Å². The minimum absolute atomic E-state index is 0.0683. The lowest BCUT2D eigenvalue weighted by Gasteiger charge is -2.26. The second-order valence-electron chi connectivity index (χ2n) is 7.94. The first kappa shape index (κ1) is 24.4. The SMILES string of the molecule is CC(=NNC(=O)c1ccccc1N(Cc1ccccc1)S(=O)(=O)c1ccc(C)cc1)c1cccs1. The van der Waals surface area contributed by atoms with Crippen LogP contribution in [0.25, 0.3) is 0 Å². The number of hydrazone groups is 1. The first-order valence-corrected chi connectivity index (χ1v) is 13.3. The summed E-state index contributed by atoms with van der Waals surface area (Å²) < 4.78 is 28.9. The zero-order valence-electron chi connectivity index (χ0n) is 19.4. The fraction of sp³-hybridized carbons (Fsp3) is 0.111. The highest BCUT2D eigenvalue weighted by atomic mass is 32.2. The third kappa shape index (κ3) is 5.67. The summed E-state index contributed by atoms with van der Waals surface area (Å²) >= 11 is 1.52. The lowest BCUT2D eigenvalue weighted by molar-refractivity contribution is 0.0955. The largest absolute Gasteiger partial charge is 0.273 e. The maximum absolute atomic E-state index is 13.8. The highest BCUT2D eigenvalue weighted by molar-refractivity contribution is 7.92. The summed E-state index contributed by atoms with van der Waals surface area (Å²) in [7, 11) is -3.97. The molecule has 35 heavy (non-hydrogen) atoms. The minimum Gasteiger partial charge on any atom is -0.267 e. The van der Waals surface area contributed by atoms with E-state index < -0.39 is 15.9 Å². The van der Waals surface area contributed by atoms with Gasteiger partial charge in [-0.15, -0.1) is 11.3 Å². The van der Waals surface area contributed by atoms with Gasteiger partial charge in [-0.25, -0.2) is 13.8 Å². The number of thiophene rings is 1. The Kier molecular flexibility index (Phi) is 7.43. The van der Waals surface area contributed by atoms with E-state index in [0.717, 1.165) is 16.0 Å². The van der Waals surface area contributed by atoms with Gasteiger partial charge in [-0.2, -0.15) is 5.10 Å². The van der Waals surface area contributed by atoms with Crippen molar-refractivity contribution < 1.29 is 13.2 Å². The van der Waals surface area contributed by atoms with Gasteiger partial charge in [0.2, 0.25) is 0 Å². The van der Waals surface area contributed by atoms with Gasteiger partial charge in [-0.3, -0.25) is 9.10 Å². The van der Waals surface area contributed by atoms with Gasteiger partial charge in [0.1, 0.15) is 0 Å². The van der Waals surface area contributed by atoms with Crippen molar-refractivity contribution in [3.8, 4) is 0 Å². The topological polar surface area (TPSA) is 78.8 Å². The Bertz CT molecular complexity index is 1430. The number of carbonyl (C=O) groups excluding carboxylic acids is 1. The van der Waals surface area contributed by atoms with Gasteiger partial charge in [0.15, 0.2) is 0 Å². The summed E-state index contributed by atoms with van der Waals surface area (Å²) in [5.41, 5.74) is 5.48. The van der Waals surface area contributed by atoms with E-state index in [1.807, 2.05) is 61.7 Å². The van der Waals surface area contributed by atoms with E-state index in [1.165, 1.54) is 15.6 Å². The number of amides is 1. The van der Waals surface area contributed by atoms with Gasteiger partial charge in [-0.1, -0.05) is 66.2 Å². The van der Waals surface area contributed by atoms with Crippen LogP contribution in [0.5, 0.6) is 0 Å². The number of aryl methyl sites for hydroxylation is 1. The molecule has 0 radical (unpaired) electrons. The second kappa shape index (κ2) is 10.7. The maximum Gasteiger partial charge on any atom is 0.273 e. The molecular formula is C27H25N3O3S2. The first-order valence-electron chi connectivity index (χ1n) is 11.0. The molecule has 3 aromatic carbocycles. The van der Waals surface area contributed by atoms with Crippen molar-refractivity contribution in [1.29, 1.82) is 0 Å². The molecule has 0 unspecified atom stereocenters. The smallest absolute Gasteiger partial charge is 0.267 e. The Balaban J connectivity index is 1.74. The number of sulfonamides is 1. The Morgan fingerprint density at radius 2 is 1.60 bits per heavy atom. The number of rotatable bonds is 8. The molecule has 0 saturated heterocycles. The quantitative estimate of drug-likeness (QED) is 0.251. The summed E-state index contributed by atoms with van der Waals surface area (Å²) in [6.07, 6.45) is 0. The van der Waals surface area contributed by atoms with Crippen LogP contribution in [0, 0.1) is 6.92 Å². The molecule has 0 bridgehead atoms. The molecule has 0 atom stereocenters. The molecule has 0 spiro atoms. The standard InChI is InChI=1S/C27H25N3O3S2/c1-20-14-16-23(17-15-20)35(32,33)30(19-22-9-4-3-5-10-22)25-12-7-6-11-24(25)27(31)29-28-21(2)26-13-8-18-34-26/h3-18H,19H2,1-2H3,(H,29,31). The lowest BCUT2D eigenvalue weighted by atomic mass is 10.1. The van der Waals surface area contributed by atoms with Crippen LogP contribution in [-0.4, -0.2) is 20.0 Å². The van der Waals surface area contributed by atoms with Crippen molar-refractivity contribution in [2.75, 3.05) is 4.31 Å². The van der Waals surface area contributed by atoms with E-state index in [-0.39, 0.29) is 22.7 Å². The fourth-order valence-corrected chi connectivity index (χ4v) is 5.65. The van der Waals surface area contributed by atoms with Crippen LogP contribution in [0.1, 0.15) is 33.3 Å². The molecule has 4 aromatic rings. The number of para-hydroxylation sites is 1. The van der Waals surface area contributed by atoms with Crippen LogP contribution in [0.4, 0.5) is 5.69 Å². The average molecular weight is 504 g/mol. The van der Waals surface area contributed by atoms with Gasteiger partial charge in [0.25, 0.3) is 15.9 Å². The van der Waals surface area contributed by atoms with Crippen molar-refractivity contribution in [1.82, 2.24) is 5.43 Å². The first-order chi connectivity index (χ1) is 16.9. The van der Waals surface area contributed by atoms with E-state index in [9.17, 15) is 13.2 Å². The lowest BCUT2D eigenvalue weighted by Crippen LogP contribution is -2.33. The molecule has 1 aromatic heterocycles. The molecule has 0 aliphatic carbocycles. The highest BCUT2D eigenvalue weighted by Gasteiger charge is 2.28. The van der Waals surface area contributed by atoms with E-state index in [2.05, 4.69) is 10.5 Å². The molecule has 4 rings (SSSR count). The van der Waals surface area contributed by atoms with Crippen molar-refractivity contribution in [3.05, 3.63) is 118 Å². The Morgan fingerprint density at radius 1 is 0.914 bits per heavy atom. The van der Waals surface area contributed by atoms with Crippen molar-refractivity contribution >= 4 is 38.7 Å². The van der Waals surface area contributed by atoms with Gasteiger partial charge in [0, 0.05) is 4.88 Å². The maximum atomic E-state index is 13.8. The predicted octanol–water partition coefficient (Wildman–Crippen LogP) is 5.61. The van der Waals surface area contributed by atoms with Crippen molar-refractivity contribution in [2.45, 2.75) is 25.3 Å². The van der Waals surface area contributed by atoms with Gasteiger partial charge >= 0.3 is 0 Å². The summed E-state index contributed by atoms with van der Waals surface area (Å²) in [5, 5.41) is 6.15. The van der Waals surface area contributed by atoms with E-state index in [0.29, 0.717) is 5.71 Å². The zero-order chi connectivity index (χ0) is 24.8. The summed E-state index contributed by atoms with van der Waals surface area (Å²) in [6.45, 7) is 3.77. The molecule has 6 nitrogen and oxygen atoms in total. The van der Waals surface area contributed by atoms with Gasteiger partial charge in [-0.05, 0) is 55.1 Å². The fourth-order valence-electron chi connectivity index (χ4n) is 3.50. The van der Waals surface area contributed by atoms with Crippen LogP contribution in [-0.2, 0) is 16.6 Å². The number of hydrogen-bond acceptors (Lipinski definition) is 5. The number of nitrogens with one attached hydrogen (secondary N) is 1. The van der Waals surface area contributed by atoms with Crippen molar-refractivity contribution in [3.63, 3.8) is 0 Å². The van der Waals surface area contributed by atoms with E-state index in [1.54, 1.807) is 48.5 Å². The number of hydrogen-bond donors (Lipinski definition) is 1. The average Bonchev–Trinajstić information content (AvgIpc) is 3.42. The monoisotopic (exact) mass is 503 g/mol.